The van der Waals surface area contributed by atoms with Crippen molar-refractivity contribution in [3.63, 3.8) is 0 Å². The van der Waals surface area contributed by atoms with Crippen LogP contribution in [0.5, 0.6) is 0 Å². The van der Waals surface area contributed by atoms with E-state index >= 15 is 0 Å². The average Bonchev–Trinajstić information content (AvgIpc) is 2.72. The van der Waals surface area contributed by atoms with E-state index in [-0.39, 0.29) is 5.82 Å². The molecule has 1 heterocycles. The van der Waals surface area contributed by atoms with E-state index in [9.17, 15) is 4.39 Å². The summed E-state index contributed by atoms with van der Waals surface area (Å²) >= 11 is 1.53. The molecule has 0 aliphatic rings. The summed E-state index contributed by atoms with van der Waals surface area (Å²) in [5.41, 5.74) is 8.04. The highest BCUT2D eigenvalue weighted by atomic mass is 32.1. The smallest absolute Gasteiger partial charge is 0.124 e. The van der Waals surface area contributed by atoms with Crippen molar-refractivity contribution < 1.29 is 4.39 Å². The maximum atomic E-state index is 13.1. The lowest BCUT2D eigenvalue weighted by atomic mass is 10.2. The zero-order valence-electron chi connectivity index (χ0n) is 8.85. The lowest BCUT2D eigenvalue weighted by Crippen LogP contribution is -1.82. The number of anilines is 1. The third-order valence-electron chi connectivity index (χ3n) is 2.48. The number of nitrogens with zero attached hydrogens (tertiary/aromatic N) is 1. The number of fused-ring (bicyclic) bond motifs is 1. The molecule has 17 heavy (non-hydrogen) atoms. The molecule has 0 amide bonds. The number of aromatic nitrogens is 1. The molecule has 0 unspecified atom stereocenters. The Morgan fingerprint density at radius 2 is 2.00 bits per heavy atom. The Hall–Kier alpha value is -1.94. The number of hydrogen-bond acceptors (Lipinski definition) is 3. The monoisotopic (exact) mass is 244 g/mol. The number of nitrogen functional groups attached to an aromatic ring is 1. The molecule has 0 radical (unpaired) electrons. The third-order valence-corrected chi connectivity index (χ3v) is 3.57. The van der Waals surface area contributed by atoms with Gasteiger partial charge < -0.3 is 5.73 Å². The Kier molecular flexibility index (Phi) is 2.30. The van der Waals surface area contributed by atoms with E-state index in [2.05, 4.69) is 4.98 Å². The summed E-state index contributed by atoms with van der Waals surface area (Å²) in [7, 11) is 0. The highest BCUT2D eigenvalue weighted by Crippen LogP contribution is 2.31. The van der Waals surface area contributed by atoms with Crippen molar-refractivity contribution in [2.24, 2.45) is 0 Å². The predicted molar refractivity (Wildman–Crippen MR) is 69.4 cm³/mol. The van der Waals surface area contributed by atoms with Crippen LogP contribution in [0.1, 0.15) is 0 Å². The molecule has 0 atom stereocenters. The van der Waals surface area contributed by atoms with Crippen LogP contribution >= 0.6 is 11.3 Å². The molecule has 0 aliphatic heterocycles. The number of hydrogen-bond donors (Lipinski definition) is 1. The minimum atomic E-state index is -0.249. The van der Waals surface area contributed by atoms with Crippen LogP contribution in [-0.2, 0) is 0 Å². The van der Waals surface area contributed by atoms with Crippen LogP contribution in [0, 0.1) is 5.82 Å². The number of nitrogens with two attached hydrogens (primary N) is 1. The SMILES string of the molecule is Nc1ccc2sc(-c3cccc(F)c3)nc2c1. The second-order valence-corrected chi connectivity index (χ2v) is 4.79. The van der Waals surface area contributed by atoms with E-state index in [1.54, 1.807) is 6.07 Å². The molecule has 3 rings (SSSR count). The van der Waals surface area contributed by atoms with Gasteiger partial charge in [-0.25, -0.2) is 9.37 Å². The van der Waals surface area contributed by atoms with Crippen molar-refractivity contribution in [1.82, 2.24) is 4.98 Å². The van der Waals surface area contributed by atoms with Gasteiger partial charge >= 0.3 is 0 Å². The van der Waals surface area contributed by atoms with Gasteiger partial charge in [0.05, 0.1) is 10.2 Å². The summed E-state index contributed by atoms with van der Waals surface area (Å²) in [5, 5.41) is 0.810. The first-order chi connectivity index (χ1) is 8.22. The van der Waals surface area contributed by atoms with E-state index in [0.29, 0.717) is 5.69 Å². The fraction of sp³-hybridized carbons (Fsp3) is 0. The summed E-state index contributed by atoms with van der Waals surface area (Å²) < 4.78 is 14.2. The van der Waals surface area contributed by atoms with Crippen molar-refractivity contribution in [1.29, 1.82) is 0 Å². The number of thiazole rings is 1. The van der Waals surface area contributed by atoms with Gasteiger partial charge in [-0.05, 0) is 30.3 Å². The Balaban J connectivity index is 2.18. The van der Waals surface area contributed by atoms with Gasteiger partial charge in [-0.2, -0.15) is 0 Å². The fourth-order valence-electron chi connectivity index (χ4n) is 1.69. The third kappa shape index (κ3) is 1.87. The zero-order valence-corrected chi connectivity index (χ0v) is 9.67. The predicted octanol–water partition coefficient (Wildman–Crippen LogP) is 3.68. The molecule has 4 heteroatoms. The largest absolute Gasteiger partial charge is 0.399 e. The quantitative estimate of drug-likeness (QED) is 0.663. The number of benzene rings is 2. The van der Waals surface area contributed by atoms with Crippen LogP contribution in [0.25, 0.3) is 20.8 Å². The Labute approximate surface area is 102 Å². The molecule has 84 valence electrons. The second-order valence-electron chi connectivity index (χ2n) is 3.76. The first-order valence-electron chi connectivity index (χ1n) is 5.14. The molecule has 0 bridgehead atoms. The van der Waals surface area contributed by atoms with E-state index in [0.717, 1.165) is 20.8 Å². The van der Waals surface area contributed by atoms with Crippen molar-refractivity contribution in [2.45, 2.75) is 0 Å². The Bertz CT molecular complexity index is 691. The van der Waals surface area contributed by atoms with Gasteiger partial charge in [0, 0.05) is 11.3 Å². The van der Waals surface area contributed by atoms with Crippen LogP contribution in [-0.4, -0.2) is 4.98 Å². The number of rotatable bonds is 1. The second kappa shape index (κ2) is 3.82. The lowest BCUT2D eigenvalue weighted by molar-refractivity contribution is 0.628. The van der Waals surface area contributed by atoms with Gasteiger partial charge in [0.1, 0.15) is 10.8 Å². The van der Waals surface area contributed by atoms with Crippen molar-refractivity contribution >= 4 is 27.2 Å². The molecule has 0 spiro atoms. The topological polar surface area (TPSA) is 38.9 Å². The van der Waals surface area contributed by atoms with Gasteiger partial charge in [0.15, 0.2) is 0 Å². The average molecular weight is 244 g/mol. The summed E-state index contributed by atoms with van der Waals surface area (Å²) in [5.74, 6) is -0.249. The van der Waals surface area contributed by atoms with Gasteiger partial charge in [-0.3, -0.25) is 0 Å². The van der Waals surface area contributed by atoms with Crippen molar-refractivity contribution in [3.8, 4) is 10.6 Å². The van der Waals surface area contributed by atoms with Crippen LogP contribution in [0.4, 0.5) is 10.1 Å². The normalized spacial score (nSPS) is 10.9. The van der Waals surface area contributed by atoms with E-state index < -0.39 is 0 Å². The first-order valence-corrected chi connectivity index (χ1v) is 5.96. The van der Waals surface area contributed by atoms with Gasteiger partial charge in [0.2, 0.25) is 0 Å². The minimum absolute atomic E-state index is 0.249. The van der Waals surface area contributed by atoms with Gasteiger partial charge in [-0.15, -0.1) is 11.3 Å². The van der Waals surface area contributed by atoms with Crippen LogP contribution < -0.4 is 5.73 Å². The molecule has 0 fully saturated rings. The van der Waals surface area contributed by atoms with Gasteiger partial charge in [-0.1, -0.05) is 12.1 Å². The van der Waals surface area contributed by atoms with Crippen LogP contribution in [0.15, 0.2) is 42.5 Å². The molecule has 2 aromatic carbocycles. The van der Waals surface area contributed by atoms with Crippen LogP contribution in [0.3, 0.4) is 0 Å². The standard InChI is InChI=1S/C13H9FN2S/c14-9-3-1-2-8(6-9)13-16-11-7-10(15)4-5-12(11)17-13/h1-7H,15H2. The molecule has 0 saturated carbocycles. The van der Waals surface area contributed by atoms with Gasteiger partial charge in [0.25, 0.3) is 0 Å². The molecule has 2 N–H and O–H groups in total. The highest BCUT2D eigenvalue weighted by Gasteiger charge is 2.06. The Morgan fingerprint density at radius 1 is 1.12 bits per heavy atom. The molecule has 3 aromatic rings. The minimum Gasteiger partial charge on any atom is -0.399 e. The maximum absolute atomic E-state index is 13.1. The van der Waals surface area contributed by atoms with Crippen LogP contribution in [0.2, 0.25) is 0 Å². The molecule has 0 saturated heterocycles. The fourth-order valence-corrected chi connectivity index (χ4v) is 2.63. The van der Waals surface area contributed by atoms with Crippen molar-refractivity contribution in [3.05, 3.63) is 48.3 Å². The first kappa shape index (κ1) is 10.2. The summed E-state index contributed by atoms with van der Waals surface area (Å²) in [6.07, 6.45) is 0. The van der Waals surface area contributed by atoms with E-state index in [4.69, 9.17) is 5.73 Å². The molecule has 2 nitrogen and oxygen atoms in total. The molecular weight excluding hydrogens is 235 g/mol. The Morgan fingerprint density at radius 3 is 2.82 bits per heavy atom. The highest BCUT2D eigenvalue weighted by molar-refractivity contribution is 7.21. The maximum Gasteiger partial charge on any atom is 0.124 e. The zero-order chi connectivity index (χ0) is 11.8. The molecular formula is C13H9FN2S. The molecule has 1 aromatic heterocycles. The van der Waals surface area contributed by atoms with E-state index in [1.165, 1.54) is 23.5 Å². The lowest BCUT2D eigenvalue weighted by Gasteiger charge is -1.94. The number of halogens is 1. The van der Waals surface area contributed by atoms with E-state index in [1.807, 2.05) is 24.3 Å². The summed E-state index contributed by atoms with van der Waals surface area (Å²) in [6.45, 7) is 0. The summed E-state index contributed by atoms with van der Waals surface area (Å²) in [4.78, 5) is 4.46. The van der Waals surface area contributed by atoms with Crippen molar-refractivity contribution in [2.75, 3.05) is 5.73 Å². The summed E-state index contributed by atoms with van der Waals surface area (Å²) in [6, 6.07) is 12.1. The molecule has 0 aliphatic carbocycles.